The van der Waals surface area contributed by atoms with Crippen molar-refractivity contribution in [1.82, 2.24) is 15.2 Å². The summed E-state index contributed by atoms with van der Waals surface area (Å²) in [4.78, 5) is 13.3. The van der Waals surface area contributed by atoms with Crippen molar-refractivity contribution in [2.24, 2.45) is 0 Å². The van der Waals surface area contributed by atoms with Crippen molar-refractivity contribution in [2.45, 2.75) is 4.90 Å². The molecular formula is C19H18N4O4S. The number of para-hydroxylation sites is 1. The van der Waals surface area contributed by atoms with Crippen LogP contribution in [0.3, 0.4) is 0 Å². The molecule has 3 aromatic rings. The molecule has 0 saturated heterocycles. The number of H-pyrrole nitrogens is 1. The maximum absolute atomic E-state index is 11.6. The van der Waals surface area contributed by atoms with E-state index in [-0.39, 0.29) is 4.90 Å². The number of nitrogens with one attached hydrogen (secondary N) is 2. The molecule has 28 heavy (non-hydrogen) atoms. The summed E-state index contributed by atoms with van der Waals surface area (Å²) in [7, 11) is -3.24. The van der Waals surface area contributed by atoms with Crippen LogP contribution >= 0.6 is 0 Å². The average Bonchev–Trinajstić information content (AvgIpc) is 3.38. The van der Waals surface area contributed by atoms with Crippen LogP contribution in [-0.2, 0) is 19.6 Å². The fraction of sp³-hybridized carbons (Fsp3) is 0.158. The van der Waals surface area contributed by atoms with E-state index >= 15 is 0 Å². The van der Waals surface area contributed by atoms with Crippen LogP contribution in [0.15, 0.2) is 65.3 Å². The number of aromatic amines is 1. The SMILES string of the molecule is CS(=O)(=O)c1ccc(-c2nnc(-c3ccccc3NCC3=CCOO3)[nH]2)cc1. The van der Waals surface area contributed by atoms with Crippen LogP contribution in [0.25, 0.3) is 22.8 Å². The van der Waals surface area contributed by atoms with Crippen LogP contribution in [0.5, 0.6) is 0 Å². The number of hydrogen-bond acceptors (Lipinski definition) is 7. The monoisotopic (exact) mass is 398 g/mol. The van der Waals surface area contributed by atoms with E-state index in [1.807, 2.05) is 30.3 Å². The zero-order valence-electron chi connectivity index (χ0n) is 15.0. The van der Waals surface area contributed by atoms with Gasteiger partial charge >= 0.3 is 0 Å². The minimum absolute atomic E-state index is 0.262. The molecule has 0 bridgehead atoms. The van der Waals surface area contributed by atoms with Crippen molar-refractivity contribution in [3.8, 4) is 22.8 Å². The van der Waals surface area contributed by atoms with Gasteiger partial charge in [-0.25, -0.2) is 8.42 Å². The van der Waals surface area contributed by atoms with Gasteiger partial charge in [0, 0.05) is 23.1 Å². The highest BCUT2D eigenvalue weighted by molar-refractivity contribution is 7.90. The van der Waals surface area contributed by atoms with Gasteiger partial charge < -0.3 is 15.2 Å². The molecular weight excluding hydrogens is 380 g/mol. The first-order valence-electron chi connectivity index (χ1n) is 8.56. The van der Waals surface area contributed by atoms with Crippen LogP contribution in [0.2, 0.25) is 0 Å². The van der Waals surface area contributed by atoms with Crippen LogP contribution in [0, 0.1) is 0 Å². The predicted molar refractivity (Wildman–Crippen MR) is 104 cm³/mol. The number of nitrogens with zero attached hydrogens (tertiary/aromatic N) is 2. The minimum atomic E-state index is -3.24. The molecule has 1 aromatic heterocycles. The summed E-state index contributed by atoms with van der Waals surface area (Å²) in [5.74, 6) is 1.88. The maximum atomic E-state index is 11.6. The van der Waals surface area contributed by atoms with Gasteiger partial charge in [-0.05, 0) is 42.5 Å². The number of benzene rings is 2. The molecule has 0 fully saturated rings. The van der Waals surface area contributed by atoms with Gasteiger partial charge in [-0.15, -0.1) is 10.2 Å². The first-order valence-corrected chi connectivity index (χ1v) is 10.4. The van der Waals surface area contributed by atoms with Gasteiger partial charge in [-0.1, -0.05) is 12.1 Å². The molecule has 4 rings (SSSR count). The second kappa shape index (κ2) is 7.45. The molecule has 2 N–H and O–H groups in total. The summed E-state index contributed by atoms with van der Waals surface area (Å²) in [6.45, 7) is 0.938. The lowest BCUT2D eigenvalue weighted by molar-refractivity contribution is -0.233. The lowest BCUT2D eigenvalue weighted by atomic mass is 10.1. The van der Waals surface area contributed by atoms with E-state index in [4.69, 9.17) is 9.78 Å². The molecule has 0 unspecified atom stereocenters. The fourth-order valence-electron chi connectivity index (χ4n) is 2.77. The molecule has 8 nitrogen and oxygen atoms in total. The fourth-order valence-corrected chi connectivity index (χ4v) is 3.40. The third-order valence-electron chi connectivity index (χ3n) is 4.22. The Labute approximate surface area is 162 Å². The topological polar surface area (TPSA) is 106 Å². The van der Waals surface area contributed by atoms with E-state index in [0.717, 1.165) is 22.6 Å². The lowest BCUT2D eigenvalue weighted by Gasteiger charge is -2.10. The second-order valence-corrected chi connectivity index (χ2v) is 8.27. The van der Waals surface area contributed by atoms with Crippen LogP contribution in [0.4, 0.5) is 5.69 Å². The van der Waals surface area contributed by atoms with Crippen molar-refractivity contribution in [1.29, 1.82) is 0 Å². The number of rotatable bonds is 6. The molecule has 0 spiro atoms. The van der Waals surface area contributed by atoms with E-state index < -0.39 is 9.84 Å². The second-order valence-electron chi connectivity index (χ2n) is 6.26. The normalized spacial score (nSPS) is 13.8. The molecule has 0 amide bonds. The number of aromatic nitrogens is 3. The van der Waals surface area contributed by atoms with Crippen molar-refractivity contribution in [3.63, 3.8) is 0 Å². The predicted octanol–water partition coefficient (Wildman–Crippen LogP) is 2.80. The molecule has 1 aliphatic heterocycles. The molecule has 0 atom stereocenters. The molecule has 9 heteroatoms. The summed E-state index contributed by atoms with van der Waals surface area (Å²) in [5.41, 5.74) is 2.47. The number of anilines is 1. The quantitative estimate of drug-likeness (QED) is 0.615. The Balaban J connectivity index is 1.57. The highest BCUT2D eigenvalue weighted by atomic mass is 32.2. The Morgan fingerprint density at radius 1 is 1.07 bits per heavy atom. The lowest BCUT2D eigenvalue weighted by Crippen LogP contribution is -2.06. The van der Waals surface area contributed by atoms with Gasteiger partial charge in [0.2, 0.25) is 0 Å². The van der Waals surface area contributed by atoms with Crippen molar-refractivity contribution in [2.75, 3.05) is 24.7 Å². The molecule has 0 radical (unpaired) electrons. The highest BCUT2D eigenvalue weighted by Crippen LogP contribution is 2.27. The van der Waals surface area contributed by atoms with E-state index in [1.54, 1.807) is 24.3 Å². The van der Waals surface area contributed by atoms with Gasteiger partial charge in [0.15, 0.2) is 27.2 Å². The Bertz CT molecular complexity index is 1120. The van der Waals surface area contributed by atoms with Gasteiger partial charge in [0.1, 0.15) is 6.61 Å². The van der Waals surface area contributed by atoms with Crippen molar-refractivity contribution in [3.05, 3.63) is 60.4 Å². The van der Waals surface area contributed by atoms with E-state index in [0.29, 0.717) is 24.8 Å². The first kappa shape index (κ1) is 18.2. The van der Waals surface area contributed by atoms with Gasteiger partial charge in [-0.3, -0.25) is 0 Å². The molecule has 2 aromatic carbocycles. The summed E-state index contributed by atoms with van der Waals surface area (Å²) in [6.07, 6.45) is 3.04. The summed E-state index contributed by atoms with van der Waals surface area (Å²) in [6, 6.07) is 14.2. The Kier molecular flexibility index (Phi) is 4.84. The molecule has 144 valence electrons. The zero-order valence-corrected chi connectivity index (χ0v) is 15.9. The largest absolute Gasteiger partial charge is 0.377 e. The standard InChI is InChI=1S/C19H18N4O4S/c1-28(24,25)15-8-6-13(7-9-15)18-21-19(23-22-18)16-4-2-3-5-17(16)20-12-14-10-11-26-27-14/h2-10,20H,11-12H2,1H3,(H,21,22,23). The number of sulfone groups is 1. The Hall–Kier alpha value is -3.17. The van der Waals surface area contributed by atoms with Crippen molar-refractivity contribution < 1.29 is 18.2 Å². The van der Waals surface area contributed by atoms with Crippen LogP contribution < -0.4 is 5.32 Å². The first-order chi connectivity index (χ1) is 13.5. The van der Waals surface area contributed by atoms with Crippen molar-refractivity contribution >= 4 is 15.5 Å². The summed E-state index contributed by atoms with van der Waals surface area (Å²) in [5, 5.41) is 11.7. The summed E-state index contributed by atoms with van der Waals surface area (Å²) < 4.78 is 23.2. The third kappa shape index (κ3) is 3.90. The smallest absolute Gasteiger partial charge is 0.175 e. The van der Waals surface area contributed by atoms with E-state index in [1.165, 1.54) is 6.26 Å². The summed E-state index contributed by atoms with van der Waals surface area (Å²) >= 11 is 0. The Morgan fingerprint density at radius 3 is 2.54 bits per heavy atom. The highest BCUT2D eigenvalue weighted by Gasteiger charge is 2.14. The molecule has 0 saturated carbocycles. The number of hydrogen-bond donors (Lipinski definition) is 2. The van der Waals surface area contributed by atoms with E-state index in [2.05, 4.69) is 20.5 Å². The third-order valence-corrected chi connectivity index (χ3v) is 5.35. The maximum Gasteiger partial charge on any atom is 0.175 e. The Morgan fingerprint density at radius 2 is 1.82 bits per heavy atom. The van der Waals surface area contributed by atoms with E-state index in [9.17, 15) is 8.42 Å². The van der Waals surface area contributed by atoms with Gasteiger partial charge in [-0.2, -0.15) is 4.89 Å². The molecule has 0 aliphatic carbocycles. The average molecular weight is 398 g/mol. The molecule has 2 heterocycles. The molecule has 1 aliphatic rings. The van der Waals surface area contributed by atoms with Crippen LogP contribution in [-0.4, -0.2) is 43.0 Å². The van der Waals surface area contributed by atoms with Crippen LogP contribution in [0.1, 0.15) is 0 Å². The van der Waals surface area contributed by atoms with Gasteiger partial charge in [0.05, 0.1) is 11.4 Å². The zero-order chi connectivity index (χ0) is 19.6. The minimum Gasteiger partial charge on any atom is -0.377 e. The van der Waals surface area contributed by atoms with Gasteiger partial charge in [0.25, 0.3) is 0 Å².